The number of ketones is 2. The summed E-state index contributed by atoms with van der Waals surface area (Å²) in [6.45, 7) is 9.23. The first-order chi connectivity index (χ1) is 10.8. The molecule has 0 amide bonds. The van der Waals surface area contributed by atoms with Crippen LogP contribution in [-0.2, 0) is 14.3 Å². The van der Waals surface area contributed by atoms with Crippen molar-refractivity contribution in [1.29, 1.82) is 0 Å². The summed E-state index contributed by atoms with van der Waals surface area (Å²) in [4.78, 5) is 25.7. The van der Waals surface area contributed by atoms with Crippen molar-refractivity contribution < 1.29 is 14.3 Å². The second kappa shape index (κ2) is 4.66. The lowest BCUT2D eigenvalue weighted by Gasteiger charge is -2.61. The van der Waals surface area contributed by atoms with E-state index in [2.05, 4.69) is 13.8 Å². The van der Waals surface area contributed by atoms with Crippen molar-refractivity contribution in [2.45, 2.75) is 59.5 Å². The van der Waals surface area contributed by atoms with Gasteiger partial charge >= 0.3 is 0 Å². The van der Waals surface area contributed by atoms with E-state index in [-0.39, 0.29) is 34.4 Å². The van der Waals surface area contributed by atoms with Crippen molar-refractivity contribution in [3.63, 3.8) is 0 Å². The molecule has 0 N–H and O–H groups in total. The average Bonchev–Trinajstić information content (AvgIpc) is 2.49. The van der Waals surface area contributed by atoms with Gasteiger partial charge in [0.2, 0.25) is 11.6 Å². The van der Waals surface area contributed by atoms with Crippen LogP contribution in [0.15, 0.2) is 22.8 Å². The molecule has 124 valence electrons. The van der Waals surface area contributed by atoms with Crippen LogP contribution in [0.3, 0.4) is 0 Å². The van der Waals surface area contributed by atoms with Crippen molar-refractivity contribution >= 4 is 11.6 Å². The van der Waals surface area contributed by atoms with Gasteiger partial charge in [-0.3, -0.25) is 9.59 Å². The third-order valence-corrected chi connectivity index (χ3v) is 6.81. The van der Waals surface area contributed by atoms with E-state index in [1.165, 1.54) is 6.42 Å². The number of allylic oxidation sites excluding steroid dienone is 1. The Kier molecular flexibility index (Phi) is 3.10. The molecule has 2 heterocycles. The Morgan fingerprint density at radius 3 is 2.61 bits per heavy atom. The Bertz CT molecular complexity index is 664. The summed E-state index contributed by atoms with van der Waals surface area (Å²) in [6.07, 6.45) is 6.28. The summed E-state index contributed by atoms with van der Waals surface area (Å²) in [6, 6.07) is 0. The molecule has 3 aliphatic carbocycles. The highest BCUT2D eigenvalue weighted by Gasteiger charge is 2.61. The van der Waals surface area contributed by atoms with Gasteiger partial charge in [0.15, 0.2) is 0 Å². The van der Waals surface area contributed by atoms with E-state index < -0.39 is 0 Å². The van der Waals surface area contributed by atoms with Crippen LogP contribution >= 0.6 is 0 Å². The Morgan fingerprint density at radius 1 is 1.17 bits per heavy atom. The maximum Gasteiger partial charge on any atom is 0.230 e. The van der Waals surface area contributed by atoms with E-state index in [1.54, 1.807) is 0 Å². The van der Waals surface area contributed by atoms with Gasteiger partial charge in [0.1, 0.15) is 0 Å². The number of carbonyl (C=O) groups excluding carboxylic acids is 2. The standard InChI is InChI=1S/C20H26O3/c1-11(2)12-8-13-14-9-15-19(3,4)6-5-7-20(15,10-23-14)16(13)18(22)17(12)21/h8,11,14-15H,5-7,9-10H2,1-4H3/t14-,15-,20+/m0/s1. The fraction of sp³-hybridized carbons (Fsp3) is 0.700. The predicted octanol–water partition coefficient (Wildman–Crippen LogP) is 3.63. The minimum Gasteiger partial charge on any atom is -0.373 e. The van der Waals surface area contributed by atoms with Gasteiger partial charge in [0.05, 0.1) is 12.7 Å². The smallest absolute Gasteiger partial charge is 0.230 e. The summed E-state index contributed by atoms with van der Waals surface area (Å²) < 4.78 is 6.15. The molecule has 0 aromatic carbocycles. The normalized spacial score (nSPS) is 38.6. The van der Waals surface area contributed by atoms with E-state index in [4.69, 9.17) is 4.74 Å². The number of fused-ring (bicyclic) bond motifs is 1. The Balaban J connectivity index is 1.92. The van der Waals surface area contributed by atoms with Gasteiger partial charge in [-0.1, -0.05) is 34.1 Å². The molecule has 1 saturated carbocycles. The second-order valence-corrected chi connectivity index (χ2v) is 8.83. The maximum atomic E-state index is 13.0. The van der Waals surface area contributed by atoms with Crippen LogP contribution in [0, 0.1) is 22.7 Å². The van der Waals surface area contributed by atoms with E-state index in [0.29, 0.717) is 18.1 Å². The molecule has 5 rings (SSSR count). The molecule has 1 saturated heterocycles. The van der Waals surface area contributed by atoms with Gasteiger partial charge in [-0.25, -0.2) is 0 Å². The molecular formula is C20H26O3. The Labute approximate surface area is 138 Å². The first kappa shape index (κ1) is 15.3. The molecule has 0 aromatic heterocycles. The zero-order valence-electron chi connectivity index (χ0n) is 14.6. The lowest BCUT2D eigenvalue weighted by molar-refractivity contribution is -0.153. The molecule has 2 bridgehead atoms. The minimum atomic E-state index is -0.275. The maximum absolute atomic E-state index is 13.0. The van der Waals surface area contributed by atoms with Gasteiger partial charge in [-0.2, -0.15) is 0 Å². The van der Waals surface area contributed by atoms with Crippen LogP contribution in [0.1, 0.15) is 53.4 Å². The van der Waals surface area contributed by atoms with Gasteiger partial charge in [0.25, 0.3) is 0 Å². The average molecular weight is 314 g/mol. The number of rotatable bonds is 1. The SMILES string of the molecule is CC(C)C1=CC2=C(C(=O)C1=O)[C@@]13CCCC(C)(C)[C@@H]1C[C@@H]2OC3. The van der Waals surface area contributed by atoms with E-state index >= 15 is 0 Å². The monoisotopic (exact) mass is 314 g/mol. The van der Waals surface area contributed by atoms with Gasteiger partial charge in [-0.05, 0) is 48.2 Å². The number of hydrogen-bond donors (Lipinski definition) is 0. The topological polar surface area (TPSA) is 43.4 Å². The zero-order valence-corrected chi connectivity index (χ0v) is 14.6. The highest BCUT2D eigenvalue weighted by Crippen LogP contribution is 2.63. The van der Waals surface area contributed by atoms with Crippen LogP contribution in [0.25, 0.3) is 0 Å². The van der Waals surface area contributed by atoms with Crippen LogP contribution in [0.4, 0.5) is 0 Å². The third-order valence-electron chi connectivity index (χ3n) is 6.81. The molecule has 0 aromatic rings. The molecule has 0 unspecified atom stereocenters. The van der Waals surface area contributed by atoms with Gasteiger partial charge in [-0.15, -0.1) is 0 Å². The summed E-state index contributed by atoms with van der Waals surface area (Å²) >= 11 is 0. The number of Topliss-reactive ketones (excluding diaryl/α,β-unsaturated/α-hetero) is 2. The lowest BCUT2D eigenvalue weighted by Crippen LogP contribution is -2.59. The zero-order chi connectivity index (χ0) is 16.6. The van der Waals surface area contributed by atoms with Crippen molar-refractivity contribution in [1.82, 2.24) is 0 Å². The molecule has 3 nitrogen and oxygen atoms in total. The van der Waals surface area contributed by atoms with Crippen LogP contribution in [-0.4, -0.2) is 24.3 Å². The van der Waals surface area contributed by atoms with Crippen LogP contribution in [0.2, 0.25) is 0 Å². The molecular weight excluding hydrogens is 288 g/mol. The fourth-order valence-electron chi connectivity index (χ4n) is 5.67. The van der Waals surface area contributed by atoms with Gasteiger partial charge in [0, 0.05) is 16.6 Å². The molecule has 5 aliphatic rings. The lowest BCUT2D eigenvalue weighted by atomic mass is 9.47. The molecule has 2 aliphatic heterocycles. The van der Waals surface area contributed by atoms with Crippen molar-refractivity contribution in [3.8, 4) is 0 Å². The first-order valence-electron chi connectivity index (χ1n) is 8.95. The molecule has 23 heavy (non-hydrogen) atoms. The highest BCUT2D eigenvalue weighted by atomic mass is 16.5. The van der Waals surface area contributed by atoms with E-state index in [9.17, 15) is 9.59 Å². The third kappa shape index (κ3) is 1.86. The molecule has 3 atom stereocenters. The molecule has 3 heteroatoms. The Hall–Kier alpha value is -1.22. The molecule has 0 radical (unpaired) electrons. The number of hydrogen-bond acceptors (Lipinski definition) is 3. The van der Waals surface area contributed by atoms with E-state index in [1.807, 2.05) is 19.9 Å². The fourth-order valence-corrected chi connectivity index (χ4v) is 5.67. The van der Waals surface area contributed by atoms with Crippen molar-refractivity contribution in [3.05, 3.63) is 22.8 Å². The Morgan fingerprint density at radius 2 is 1.91 bits per heavy atom. The number of carbonyl (C=O) groups is 2. The summed E-state index contributed by atoms with van der Waals surface area (Å²) in [7, 11) is 0. The summed E-state index contributed by atoms with van der Waals surface area (Å²) in [5, 5.41) is 0. The number of ether oxygens (including phenoxy) is 1. The van der Waals surface area contributed by atoms with Crippen LogP contribution in [0.5, 0.6) is 0 Å². The highest BCUT2D eigenvalue weighted by molar-refractivity contribution is 6.50. The largest absolute Gasteiger partial charge is 0.373 e. The molecule has 2 fully saturated rings. The second-order valence-electron chi connectivity index (χ2n) is 8.83. The predicted molar refractivity (Wildman–Crippen MR) is 87.9 cm³/mol. The summed E-state index contributed by atoms with van der Waals surface area (Å²) in [5.74, 6) is 0.0220. The quantitative estimate of drug-likeness (QED) is 0.548. The van der Waals surface area contributed by atoms with Crippen molar-refractivity contribution in [2.75, 3.05) is 6.61 Å². The van der Waals surface area contributed by atoms with Gasteiger partial charge < -0.3 is 4.74 Å². The first-order valence-corrected chi connectivity index (χ1v) is 8.95. The molecule has 1 spiro atoms. The summed E-state index contributed by atoms with van der Waals surface area (Å²) in [5.41, 5.74) is 2.50. The van der Waals surface area contributed by atoms with E-state index in [0.717, 1.165) is 30.4 Å². The minimum absolute atomic E-state index is 0.0000463. The van der Waals surface area contributed by atoms with Crippen LogP contribution < -0.4 is 0 Å². The van der Waals surface area contributed by atoms with Crippen molar-refractivity contribution in [2.24, 2.45) is 22.7 Å².